The smallest absolute Gasteiger partial charge is 0.126 e. The maximum atomic E-state index is 5.41. The van der Waals surface area contributed by atoms with Crippen molar-refractivity contribution in [3.8, 4) is 0 Å². The van der Waals surface area contributed by atoms with Crippen LogP contribution in [0.2, 0.25) is 0 Å². The quantitative estimate of drug-likeness (QED) is 0.926. The number of hydrogen-bond donors (Lipinski definition) is 1. The molecule has 0 aromatic carbocycles. The van der Waals surface area contributed by atoms with Gasteiger partial charge >= 0.3 is 0 Å². The summed E-state index contributed by atoms with van der Waals surface area (Å²) in [6.45, 7) is 0. The molecule has 0 spiro atoms. The molecule has 0 amide bonds. The van der Waals surface area contributed by atoms with Crippen molar-refractivity contribution in [3.63, 3.8) is 0 Å². The van der Waals surface area contributed by atoms with E-state index in [9.17, 15) is 0 Å². The van der Waals surface area contributed by atoms with Gasteiger partial charge in [-0.05, 0) is 53.7 Å². The Bertz CT molecular complexity index is 328. The van der Waals surface area contributed by atoms with E-state index in [1.54, 1.807) is 7.11 Å². The van der Waals surface area contributed by atoms with Gasteiger partial charge in [-0.25, -0.2) is 4.98 Å². The first-order valence-electron chi connectivity index (χ1n) is 5.69. The molecule has 1 aliphatic rings. The van der Waals surface area contributed by atoms with Crippen molar-refractivity contribution in [2.45, 2.75) is 37.8 Å². The van der Waals surface area contributed by atoms with Gasteiger partial charge in [0.15, 0.2) is 0 Å². The molecular formula is C12H17BrN2O. The first-order valence-corrected chi connectivity index (χ1v) is 6.48. The van der Waals surface area contributed by atoms with Crippen LogP contribution in [-0.4, -0.2) is 24.2 Å². The lowest BCUT2D eigenvalue weighted by molar-refractivity contribution is 0.0669. The zero-order valence-corrected chi connectivity index (χ0v) is 11.0. The number of pyridine rings is 1. The third kappa shape index (κ3) is 3.19. The van der Waals surface area contributed by atoms with E-state index < -0.39 is 0 Å². The average molecular weight is 285 g/mol. The minimum atomic E-state index is 0.404. The van der Waals surface area contributed by atoms with Crippen molar-refractivity contribution < 1.29 is 4.74 Å². The fourth-order valence-corrected chi connectivity index (χ4v) is 2.40. The molecule has 2 atom stereocenters. The summed E-state index contributed by atoms with van der Waals surface area (Å²) in [5, 5.41) is 3.46. The van der Waals surface area contributed by atoms with Gasteiger partial charge in [-0.2, -0.15) is 0 Å². The van der Waals surface area contributed by atoms with Crippen LogP contribution in [0.1, 0.15) is 25.7 Å². The summed E-state index contributed by atoms with van der Waals surface area (Å²) in [6.07, 6.45) is 6.92. The number of hydrogen-bond acceptors (Lipinski definition) is 3. The molecule has 16 heavy (non-hydrogen) atoms. The minimum absolute atomic E-state index is 0.404. The van der Waals surface area contributed by atoms with E-state index in [4.69, 9.17) is 4.74 Å². The van der Waals surface area contributed by atoms with Gasteiger partial charge in [-0.3, -0.25) is 0 Å². The lowest BCUT2D eigenvalue weighted by atomic mass is 9.93. The number of nitrogens with zero attached hydrogens (tertiary/aromatic N) is 1. The van der Waals surface area contributed by atoms with E-state index in [1.807, 2.05) is 18.3 Å². The van der Waals surface area contributed by atoms with Crippen LogP contribution in [0.15, 0.2) is 22.8 Å². The molecule has 1 aliphatic carbocycles. The van der Waals surface area contributed by atoms with E-state index in [0.29, 0.717) is 12.1 Å². The maximum Gasteiger partial charge on any atom is 0.126 e. The topological polar surface area (TPSA) is 34.1 Å². The fourth-order valence-electron chi connectivity index (χ4n) is 2.16. The van der Waals surface area contributed by atoms with Crippen LogP contribution in [0, 0.1) is 0 Å². The van der Waals surface area contributed by atoms with Crippen LogP contribution >= 0.6 is 15.9 Å². The average Bonchev–Trinajstić information content (AvgIpc) is 2.32. The second-order valence-electron chi connectivity index (χ2n) is 4.23. The lowest BCUT2D eigenvalue weighted by Gasteiger charge is -2.29. The number of ether oxygens (including phenoxy) is 1. The second kappa shape index (κ2) is 5.64. The van der Waals surface area contributed by atoms with Crippen LogP contribution in [-0.2, 0) is 4.74 Å². The second-order valence-corrected chi connectivity index (χ2v) is 5.14. The normalized spacial score (nSPS) is 25.4. The van der Waals surface area contributed by atoms with Gasteiger partial charge in [-0.1, -0.05) is 0 Å². The van der Waals surface area contributed by atoms with Crippen LogP contribution in [0.25, 0.3) is 0 Å². The summed E-state index contributed by atoms with van der Waals surface area (Å²) in [5.41, 5.74) is 0. The fraction of sp³-hybridized carbons (Fsp3) is 0.583. The number of rotatable bonds is 3. The molecule has 1 N–H and O–H groups in total. The Kier molecular flexibility index (Phi) is 4.18. The Balaban J connectivity index is 1.91. The third-order valence-electron chi connectivity index (χ3n) is 3.04. The van der Waals surface area contributed by atoms with Crippen LogP contribution < -0.4 is 5.32 Å². The van der Waals surface area contributed by atoms with E-state index >= 15 is 0 Å². The number of nitrogens with one attached hydrogen (secondary N) is 1. The third-order valence-corrected chi connectivity index (χ3v) is 3.51. The molecule has 2 rings (SSSR count). The number of methoxy groups -OCH3 is 1. The Morgan fingerprint density at radius 1 is 1.44 bits per heavy atom. The van der Waals surface area contributed by atoms with Crippen LogP contribution in [0.3, 0.4) is 0 Å². The summed E-state index contributed by atoms with van der Waals surface area (Å²) in [4.78, 5) is 4.32. The van der Waals surface area contributed by atoms with E-state index in [1.165, 1.54) is 19.3 Å². The van der Waals surface area contributed by atoms with Crippen molar-refractivity contribution in [1.82, 2.24) is 4.98 Å². The van der Waals surface area contributed by atoms with Gasteiger partial charge in [0.1, 0.15) is 5.82 Å². The van der Waals surface area contributed by atoms with Gasteiger partial charge in [0, 0.05) is 23.8 Å². The highest BCUT2D eigenvalue weighted by atomic mass is 79.9. The van der Waals surface area contributed by atoms with Gasteiger partial charge in [-0.15, -0.1) is 0 Å². The van der Waals surface area contributed by atoms with Gasteiger partial charge in [0.2, 0.25) is 0 Å². The van der Waals surface area contributed by atoms with E-state index in [-0.39, 0.29) is 0 Å². The number of halogens is 1. The Morgan fingerprint density at radius 2 is 2.31 bits per heavy atom. The summed E-state index contributed by atoms with van der Waals surface area (Å²) < 4.78 is 6.42. The molecule has 0 aliphatic heterocycles. The molecular weight excluding hydrogens is 268 g/mol. The van der Waals surface area contributed by atoms with Crippen LogP contribution in [0.5, 0.6) is 0 Å². The zero-order chi connectivity index (χ0) is 11.4. The molecule has 1 aromatic heterocycles. The van der Waals surface area contributed by atoms with Crippen molar-refractivity contribution >= 4 is 21.7 Å². The monoisotopic (exact) mass is 284 g/mol. The Hall–Kier alpha value is -0.610. The standard InChI is InChI=1S/C12H17BrN2O/c1-16-11-4-2-3-10(7-11)15-12-6-5-9(13)8-14-12/h5-6,8,10-11H,2-4,7H2,1H3,(H,14,15). The molecule has 4 heteroatoms. The molecule has 1 fully saturated rings. The first-order chi connectivity index (χ1) is 7.78. The molecule has 2 unspecified atom stereocenters. The Labute approximate surface area is 105 Å². The molecule has 1 heterocycles. The molecule has 0 saturated heterocycles. The molecule has 0 bridgehead atoms. The predicted molar refractivity (Wildman–Crippen MR) is 68.6 cm³/mol. The summed E-state index contributed by atoms with van der Waals surface area (Å²) in [6, 6.07) is 4.50. The summed E-state index contributed by atoms with van der Waals surface area (Å²) in [5.74, 6) is 0.949. The predicted octanol–water partition coefficient (Wildman–Crippen LogP) is 3.21. The number of aromatic nitrogens is 1. The minimum Gasteiger partial charge on any atom is -0.381 e. The molecule has 1 saturated carbocycles. The SMILES string of the molecule is COC1CCCC(Nc2ccc(Br)cn2)C1. The van der Waals surface area contributed by atoms with Crippen LogP contribution in [0.4, 0.5) is 5.82 Å². The molecule has 3 nitrogen and oxygen atoms in total. The van der Waals surface area contributed by atoms with Crippen molar-refractivity contribution in [2.24, 2.45) is 0 Å². The molecule has 0 radical (unpaired) electrons. The van der Waals surface area contributed by atoms with Gasteiger partial charge in [0.05, 0.1) is 6.10 Å². The maximum absolute atomic E-state index is 5.41. The lowest BCUT2D eigenvalue weighted by Crippen LogP contribution is -2.31. The Morgan fingerprint density at radius 3 is 3.00 bits per heavy atom. The van der Waals surface area contributed by atoms with Gasteiger partial charge in [0.25, 0.3) is 0 Å². The first kappa shape index (κ1) is 11.9. The van der Waals surface area contributed by atoms with Gasteiger partial charge < -0.3 is 10.1 Å². The van der Waals surface area contributed by atoms with Crippen molar-refractivity contribution in [1.29, 1.82) is 0 Å². The largest absolute Gasteiger partial charge is 0.381 e. The highest BCUT2D eigenvalue weighted by molar-refractivity contribution is 9.10. The highest BCUT2D eigenvalue weighted by Crippen LogP contribution is 2.23. The number of anilines is 1. The molecule has 1 aromatic rings. The summed E-state index contributed by atoms with van der Waals surface area (Å²) >= 11 is 3.38. The van der Waals surface area contributed by atoms with Crippen molar-refractivity contribution in [2.75, 3.05) is 12.4 Å². The van der Waals surface area contributed by atoms with E-state index in [0.717, 1.165) is 16.7 Å². The zero-order valence-electron chi connectivity index (χ0n) is 9.45. The van der Waals surface area contributed by atoms with Crippen molar-refractivity contribution in [3.05, 3.63) is 22.8 Å². The highest BCUT2D eigenvalue weighted by Gasteiger charge is 2.21. The van der Waals surface area contributed by atoms with E-state index in [2.05, 4.69) is 26.2 Å². The summed E-state index contributed by atoms with van der Waals surface area (Å²) in [7, 11) is 1.80. The molecule has 88 valence electrons.